The summed E-state index contributed by atoms with van der Waals surface area (Å²) in [7, 11) is 1.69. The van der Waals surface area contributed by atoms with Crippen LogP contribution in [0.3, 0.4) is 0 Å². The smallest absolute Gasteiger partial charge is 0.251 e. The molecule has 5 heteroatoms. The second-order valence-corrected chi connectivity index (χ2v) is 7.34. The van der Waals surface area contributed by atoms with Crippen molar-refractivity contribution in [3.05, 3.63) is 53.7 Å². The molecule has 3 rings (SSSR count). The molecule has 0 spiro atoms. The molecule has 1 aliphatic rings. The quantitative estimate of drug-likeness (QED) is 0.854. The van der Waals surface area contributed by atoms with Crippen molar-refractivity contribution >= 4 is 11.8 Å². The van der Waals surface area contributed by atoms with Crippen LogP contribution in [0.25, 0.3) is 11.3 Å². The van der Waals surface area contributed by atoms with Crippen molar-refractivity contribution in [1.82, 2.24) is 15.6 Å². The molecule has 0 aliphatic heterocycles. The number of aryl methyl sites for hydroxylation is 1. The van der Waals surface area contributed by atoms with Crippen LogP contribution in [0.1, 0.15) is 41.6 Å². The van der Waals surface area contributed by atoms with Gasteiger partial charge in [-0.1, -0.05) is 12.1 Å². The lowest BCUT2D eigenvalue weighted by Gasteiger charge is -2.27. The van der Waals surface area contributed by atoms with E-state index in [1.54, 1.807) is 13.2 Å². The third-order valence-corrected chi connectivity index (χ3v) is 5.37. The van der Waals surface area contributed by atoms with Crippen molar-refractivity contribution in [2.45, 2.75) is 32.6 Å². The summed E-state index contributed by atoms with van der Waals surface area (Å²) < 4.78 is 0. The number of rotatable bonds is 5. The van der Waals surface area contributed by atoms with Gasteiger partial charge < -0.3 is 10.6 Å². The molecule has 0 saturated heterocycles. The van der Waals surface area contributed by atoms with E-state index in [0.717, 1.165) is 42.5 Å². The molecule has 142 valence electrons. The van der Waals surface area contributed by atoms with Crippen LogP contribution in [-0.2, 0) is 4.79 Å². The lowest BCUT2D eigenvalue weighted by molar-refractivity contribution is -0.125. The summed E-state index contributed by atoms with van der Waals surface area (Å²) in [4.78, 5) is 28.5. The molecule has 1 heterocycles. The molecule has 2 aromatic rings. The first-order chi connectivity index (χ1) is 13.1. The highest BCUT2D eigenvalue weighted by molar-refractivity contribution is 5.94. The Hall–Kier alpha value is -2.69. The lowest BCUT2D eigenvalue weighted by Crippen LogP contribution is -2.34. The lowest BCUT2D eigenvalue weighted by atomic mass is 9.81. The normalized spacial score (nSPS) is 19.3. The molecule has 27 heavy (non-hydrogen) atoms. The fraction of sp³-hybridized carbons (Fsp3) is 0.409. The van der Waals surface area contributed by atoms with Crippen LogP contribution in [0.5, 0.6) is 0 Å². The highest BCUT2D eigenvalue weighted by Gasteiger charge is 2.25. The van der Waals surface area contributed by atoms with E-state index in [4.69, 9.17) is 0 Å². The van der Waals surface area contributed by atoms with Gasteiger partial charge in [-0.05, 0) is 68.4 Å². The summed E-state index contributed by atoms with van der Waals surface area (Å²) in [6.45, 7) is 2.70. The van der Waals surface area contributed by atoms with Gasteiger partial charge in [-0.25, -0.2) is 0 Å². The molecule has 1 aromatic heterocycles. The van der Waals surface area contributed by atoms with Gasteiger partial charge in [-0.3, -0.25) is 14.6 Å². The predicted octanol–water partition coefficient (Wildman–Crippen LogP) is 3.34. The number of hydrogen-bond donors (Lipinski definition) is 2. The SMILES string of the molecule is CNC(=O)C1CCC(CNC(=O)c2ccc(-c3cc(C)ccn3)cc2)CC1. The summed E-state index contributed by atoms with van der Waals surface area (Å²) >= 11 is 0. The van der Waals surface area contributed by atoms with E-state index in [9.17, 15) is 9.59 Å². The van der Waals surface area contributed by atoms with Gasteiger partial charge in [0, 0.05) is 36.8 Å². The van der Waals surface area contributed by atoms with E-state index in [2.05, 4.69) is 15.6 Å². The van der Waals surface area contributed by atoms with Crippen LogP contribution in [0.15, 0.2) is 42.6 Å². The molecule has 1 fully saturated rings. The maximum absolute atomic E-state index is 12.4. The Bertz CT molecular complexity index is 793. The third-order valence-electron chi connectivity index (χ3n) is 5.37. The Morgan fingerprint density at radius 1 is 1.07 bits per heavy atom. The van der Waals surface area contributed by atoms with E-state index in [-0.39, 0.29) is 17.7 Å². The zero-order chi connectivity index (χ0) is 19.2. The monoisotopic (exact) mass is 365 g/mol. The summed E-state index contributed by atoms with van der Waals surface area (Å²) in [5, 5.41) is 5.77. The van der Waals surface area contributed by atoms with Gasteiger partial charge in [0.05, 0.1) is 5.69 Å². The molecule has 5 nitrogen and oxygen atoms in total. The van der Waals surface area contributed by atoms with Gasteiger partial charge >= 0.3 is 0 Å². The van der Waals surface area contributed by atoms with Crippen LogP contribution >= 0.6 is 0 Å². The predicted molar refractivity (Wildman–Crippen MR) is 106 cm³/mol. The van der Waals surface area contributed by atoms with Crippen molar-refractivity contribution in [2.75, 3.05) is 13.6 Å². The summed E-state index contributed by atoms with van der Waals surface area (Å²) in [5.74, 6) is 0.670. The molecule has 0 atom stereocenters. The minimum Gasteiger partial charge on any atom is -0.359 e. The summed E-state index contributed by atoms with van der Waals surface area (Å²) in [6, 6.07) is 11.6. The molecule has 0 bridgehead atoms. The van der Waals surface area contributed by atoms with Crippen LogP contribution in [0.4, 0.5) is 0 Å². The topological polar surface area (TPSA) is 71.1 Å². The molecular formula is C22H27N3O2. The van der Waals surface area contributed by atoms with Crippen LogP contribution in [0.2, 0.25) is 0 Å². The molecule has 0 unspecified atom stereocenters. The van der Waals surface area contributed by atoms with Crippen molar-refractivity contribution < 1.29 is 9.59 Å². The zero-order valence-corrected chi connectivity index (χ0v) is 16.0. The number of nitrogens with one attached hydrogen (secondary N) is 2. The average molecular weight is 365 g/mol. The Labute approximate surface area is 160 Å². The second kappa shape index (κ2) is 8.80. The first-order valence-electron chi connectivity index (χ1n) is 9.59. The molecule has 2 N–H and O–H groups in total. The van der Waals surface area contributed by atoms with Crippen molar-refractivity contribution in [3.63, 3.8) is 0 Å². The summed E-state index contributed by atoms with van der Waals surface area (Å²) in [5.41, 5.74) is 3.73. The van der Waals surface area contributed by atoms with Crippen molar-refractivity contribution in [2.24, 2.45) is 11.8 Å². The van der Waals surface area contributed by atoms with Crippen molar-refractivity contribution in [1.29, 1.82) is 0 Å². The zero-order valence-electron chi connectivity index (χ0n) is 16.0. The van der Waals surface area contributed by atoms with Gasteiger partial charge in [0.2, 0.25) is 5.91 Å². The number of pyridine rings is 1. The van der Waals surface area contributed by atoms with Crippen LogP contribution in [0, 0.1) is 18.8 Å². The van der Waals surface area contributed by atoms with Crippen LogP contribution in [-0.4, -0.2) is 30.4 Å². The Kier molecular flexibility index (Phi) is 6.22. The largest absolute Gasteiger partial charge is 0.359 e. The molecular weight excluding hydrogens is 338 g/mol. The number of aromatic nitrogens is 1. The number of nitrogens with zero attached hydrogens (tertiary/aromatic N) is 1. The number of amides is 2. The molecule has 0 radical (unpaired) electrons. The number of carbonyl (C=O) groups is 2. The summed E-state index contributed by atoms with van der Waals surface area (Å²) in [6.07, 6.45) is 5.56. The van der Waals surface area contributed by atoms with Crippen molar-refractivity contribution in [3.8, 4) is 11.3 Å². The Morgan fingerprint density at radius 3 is 2.41 bits per heavy atom. The third kappa shape index (κ3) is 4.94. The molecule has 1 saturated carbocycles. The highest BCUT2D eigenvalue weighted by Crippen LogP contribution is 2.28. The number of hydrogen-bond acceptors (Lipinski definition) is 3. The van der Waals surface area contributed by atoms with E-state index < -0.39 is 0 Å². The van der Waals surface area contributed by atoms with Gasteiger partial charge in [-0.2, -0.15) is 0 Å². The highest BCUT2D eigenvalue weighted by atomic mass is 16.2. The maximum Gasteiger partial charge on any atom is 0.251 e. The van der Waals surface area contributed by atoms with E-state index >= 15 is 0 Å². The second-order valence-electron chi connectivity index (χ2n) is 7.34. The maximum atomic E-state index is 12.4. The average Bonchev–Trinajstić information content (AvgIpc) is 2.72. The van der Waals surface area contributed by atoms with E-state index in [1.165, 1.54) is 0 Å². The van der Waals surface area contributed by atoms with Gasteiger partial charge in [-0.15, -0.1) is 0 Å². The molecule has 1 aromatic carbocycles. The van der Waals surface area contributed by atoms with E-state index in [0.29, 0.717) is 18.0 Å². The minimum absolute atomic E-state index is 0.0489. The number of benzene rings is 1. The van der Waals surface area contributed by atoms with E-state index in [1.807, 2.05) is 43.3 Å². The van der Waals surface area contributed by atoms with Gasteiger partial charge in [0.25, 0.3) is 5.91 Å². The standard InChI is InChI=1S/C22H27N3O2/c1-15-11-12-24-20(13-15)17-7-9-19(10-8-17)22(27)25-14-16-3-5-18(6-4-16)21(26)23-2/h7-13,16,18H,3-6,14H2,1-2H3,(H,23,26)(H,25,27). The molecule has 2 amide bonds. The first-order valence-corrected chi connectivity index (χ1v) is 9.59. The Balaban J connectivity index is 1.51. The van der Waals surface area contributed by atoms with Gasteiger partial charge in [0.1, 0.15) is 0 Å². The van der Waals surface area contributed by atoms with Gasteiger partial charge in [0.15, 0.2) is 0 Å². The molecule has 1 aliphatic carbocycles. The Morgan fingerprint density at radius 2 is 1.78 bits per heavy atom. The fourth-order valence-electron chi connectivity index (χ4n) is 3.66. The van der Waals surface area contributed by atoms with Crippen LogP contribution < -0.4 is 10.6 Å². The fourth-order valence-corrected chi connectivity index (χ4v) is 3.66. The minimum atomic E-state index is -0.0489. The first kappa shape index (κ1) is 19.1. The number of carbonyl (C=O) groups excluding carboxylic acids is 2.